The van der Waals surface area contributed by atoms with Crippen molar-refractivity contribution in [3.8, 4) is 23.1 Å². The summed E-state index contributed by atoms with van der Waals surface area (Å²) in [6.07, 6.45) is 0.283. The highest BCUT2D eigenvalue weighted by Gasteiger charge is 2.20. The molecular weight excluding hydrogens is 408 g/mol. The quantitative estimate of drug-likeness (QED) is 0.480. The number of hydrogen-bond acceptors (Lipinski definition) is 4. The van der Waals surface area contributed by atoms with Crippen molar-refractivity contribution < 1.29 is 19.4 Å². The topological polar surface area (TPSA) is 116 Å². The highest BCUT2D eigenvalue weighted by Crippen LogP contribution is 2.35. The van der Waals surface area contributed by atoms with Gasteiger partial charge in [-0.25, -0.2) is 9.59 Å². The number of nitriles is 1. The molecule has 32 heavy (non-hydrogen) atoms. The summed E-state index contributed by atoms with van der Waals surface area (Å²) in [5, 5.41) is 24.9. The third-order valence-corrected chi connectivity index (χ3v) is 5.20. The van der Waals surface area contributed by atoms with Gasteiger partial charge in [-0.05, 0) is 50.1 Å². The molecule has 0 fully saturated rings. The SMILES string of the molecule is CCOc1ccc2c(C#N)c(-c3ccc(NC(=O)NC(CC)C(=O)O)cc3)n(CC)c2c1. The summed E-state index contributed by atoms with van der Waals surface area (Å²) in [5.41, 5.74) is 3.65. The number of amides is 2. The van der Waals surface area contributed by atoms with Gasteiger partial charge in [0.15, 0.2) is 0 Å². The molecule has 0 spiro atoms. The number of carboxylic acid groups (broad SMARTS) is 1. The largest absolute Gasteiger partial charge is 0.494 e. The maximum atomic E-state index is 12.1. The fourth-order valence-electron chi connectivity index (χ4n) is 3.70. The van der Waals surface area contributed by atoms with Gasteiger partial charge in [-0.15, -0.1) is 0 Å². The molecule has 1 unspecified atom stereocenters. The first-order chi connectivity index (χ1) is 15.4. The van der Waals surface area contributed by atoms with Crippen molar-refractivity contribution in [2.75, 3.05) is 11.9 Å². The molecule has 2 aromatic carbocycles. The first-order valence-corrected chi connectivity index (χ1v) is 10.5. The van der Waals surface area contributed by atoms with E-state index in [1.807, 2.05) is 44.2 Å². The summed E-state index contributed by atoms with van der Waals surface area (Å²) in [7, 11) is 0. The van der Waals surface area contributed by atoms with Gasteiger partial charge >= 0.3 is 12.0 Å². The van der Waals surface area contributed by atoms with Crippen LogP contribution in [0, 0.1) is 11.3 Å². The number of carbonyl (C=O) groups excluding carboxylic acids is 1. The number of rotatable bonds is 8. The molecule has 1 heterocycles. The molecule has 1 atom stereocenters. The molecule has 0 saturated heterocycles. The second kappa shape index (κ2) is 9.88. The van der Waals surface area contributed by atoms with Gasteiger partial charge in [0.2, 0.25) is 0 Å². The summed E-state index contributed by atoms with van der Waals surface area (Å²) in [6.45, 7) is 6.85. The van der Waals surface area contributed by atoms with E-state index in [1.54, 1.807) is 19.1 Å². The lowest BCUT2D eigenvalue weighted by Gasteiger charge is -2.14. The summed E-state index contributed by atoms with van der Waals surface area (Å²) in [4.78, 5) is 23.2. The highest BCUT2D eigenvalue weighted by molar-refractivity contribution is 5.96. The van der Waals surface area contributed by atoms with E-state index in [1.165, 1.54) is 0 Å². The lowest BCUT2D eigenvalue weighted by atomic mass is 10.1. The fraction of sp³-hybridized carbons (Fsp3) is 0.292. The van der Waals surface area contributed by atoms with E-state index in [4.69, 9.17) is 9.84 Å². The zero-order valence-electron chi connectivity index (χ0n) is 18.3. The van der Waals surface area contributed by atoms with Crippen LogP contribution in [0.4, 0.5) is 10.5 Å². The summed E-state index contributed by atoms with van der Waals surface area (Å²) >= 11 is 0. The lowest BCUT2D eigenvalue weighted by molar-refractivity contribution is -0.139. The normalized spacial score (nSPS) is 11.6. The molecule has 0 aliphatic heterocycles. The van der Waals surface area contributed by atoms with E-state index in [2.05, 4.69) is 21.3 Å². The highest BCUT2D eigenvalue weighted by atomic mass is 16.5. The van der Waals surface area contributed by atoms with Crippen molar-refractivity contribution in [1.29, 1.82) is 5.26 Å². The number of aromatic nitrogens is 1. The first kappa shape index (κ1) is 22.7. The molecule has 1 aromatic heterocycles. The van der Waals surface area contributed by atoms with Gasteiger partial charge in [0, 0.05) is 23.7 Å². The number of carbonyl (C=O) groups is 2. The second-order valence-corrected chi connectivity index (χ2v) is 7.17. The van der Waals surface area contributed by atoms with Crippen molar-refractivity contribution in [3.63, 3.8) is 0 Å². The second-order valence-electron chi connectivity index (χ2n) is 7.17. The molecule has 166 valence electrons. The number of fused-ring (bicyclic) bond motifs is 1. The van der Waals surface area contributed by atoms with E-state index in [0.717, 1.165) is 27.9 Å². The Balaban J connectivity index is 1.93. The van der Waals surface area contributed by atoms with Crippen molar-refractivity contribution >= 4 is 28.6 Å². The van der Waals surface area contributed by atoms with E-state index in [0.29, 0.717) is 24.4 Å². The van der Waals surface area contributed by atoms with E-state index in [-0.39, 0.29) is 6.42 Å². The smallest absolute Gasteiger partial charge is 0.326 e. The van der Waals surface area contributed by atoms with E-state index < -0.39 is 18.0 Å². The Morgan fingerprint density at radius 3 is 2.44 bits per heavy atom. The van der Waals surface area contributed by atoms with E-state index >= 15 is 0 Å². The zero-order chi connectivity index (χ0) is 23.3. The van der Waals surface area contributed by atoms with Crippen molar-refractivity contribution in [2.45, 2.75) is 39.8 Å². The summed E-state index contributed by atoms with van der Waals surface area (Å²) in [5.74, 6) is -0.331. The molecule has 8 heteroatoms. The maximum absolute atomic E-state index is 12.1. The molecule has 0 aliphatic carbocycles. The van der Waals surface area contributed by atoms with Gasteiger partial charge in [-0.3, -0.25) is 0 Å². The van der Waals surface area contributed by atoms with Crippen LogP contribution in [0.15, 0.2) is 42.5 Å². The molecule has 0 radical (unpaired) electrons. The number of carboxylic acids is 1. The van der Waals surface area contributed by atoms with Crippen LogP contribution in [0.5, 0.6) is 5.75 Å². The van der Waals surface area contributed by atoms with Gasteiger partial charge in [0.25, 0.3) is 0 Å². The Hall–Kier alpha value is -3.99. The predicted octanol–water partition coefficient (Wildman–Crippen LogP) is 4.58. The molecule has 3 N–H and O–H groups in total. The minimum atomic E-state index is -1.08. The lowest BCUT2D eigenvalue weighted by Crippen LogP contribution is -2.42. The molecule has 2 amide bonds. The zero-order valence-corrected chi connectivity index (χ0v) is 18.3. The molecular formula is C24H26N4O4. The number of urea groups is 1. The van der Waals surface area contributed by atoms with Crippen molar-refractivity contribution in [1.82, 2.24) is 9.88 Å². The third-order valence-electron chi connectivity index (χ3n) is 5.20. The number of benzene rings is 2. The molecule has 0 bridgehead atoms. The number of hydrogen-bond donors (Lipinski definition) is 3. The number of nitrogens with zero attached hydrogens (tertiary/aromatic N) is 2. The van der Waals surface area contributed by atoms with Crippen LogP contribution in [0.3, 0.4) is 0 Å². The van der Waals surface area contributed by atoms with Gasteiger partial charge in [-0.1, -0.05) is 19.1 Å². The maximum Gasteiger partial charge on any atom is 0.326 e. The molecule has 0 saturated carbocycles. The average Bonchev–Trinajstić information content (AvgIpc) is 3.10. The minimum Gasteiger partial charge on any atom is -0.494 e. The fourth-order valence-corrected chi connectivity index (χ4v) is 3.70. The van der Waals surface area contributed by atoms with Crippen LogP contribution in [0.25, 0.3) is 22.2 Å². The first-order valence-electron chi connectivity index (χ1n) is 10.5. The Kier molecular flexibility index (Phi) is 7.00. The van der Waals surface area contributed by atoms with Crippen LogP contribution in [0.1, 0.15) is 32.8 Å². The molecule has 3 aromatic rings. The Bertz CT molecular complexity index is 1180. The minimum absolute atomic E-state index is 0.283. The number of nitrogens with one attached hydrogen (secondary N) is 2. The number of anilines is 1. The van der Waals surface area contributed by atoms with Gasteiger partial charge in [0.05, 0.1) is 23.4 Å². The van der Waals surface area contributed by atoms with Gasteiger partial charge in [-0.2, -0.15) is 5.26 Å². The standard InChI is InChI=1S/C24H26N4O4/c1-4-20(23(29)30)27-24(31)26-16-9-7-15(8-10-16)22-19(14-25)18-12-11-17(32-6-3)13-21(18)28(22)5-2/h7-13,20H,4-6H2,1-3H3,(H,29,30)(H2,26,27,31). The van der Waals surface area contributed by atoms with Crippen LogP contribution in [-0.2, 0) is 11.3 Å². The van der Waals surface area contributed by atoms with Crippen LogP contribution in [-0.4, -0.2) is 34.3 Å². The van der Waals surface area contributed by atoms with E-state index in [9.17, 15) is 14.9 Å². The predicted molar refractivity (Wildman–Crippen MR) is 123 cm³/mol. The Labute approximate surface area is 186 Å². The van der Waals surface area contributed by atoms with Crippen molar-refractivity contribution in [2.24, 2.45) is 0 Å². The van der Waals surface area contributed by atoms with Crippen LogP contribution in [0.2, 0.25) is 0 Å². The summed E-state index contributed by atoms with van der Waals surface area (Å²) in [6, 6.07) is 13.6. The molecule has 8 nitrogen and oxygen atoms in total. The third kappa shape index (κ3) is 4.52. The Morgan fingerprint density at radius 2 is 1.88 bits per heavy atom. The van der Waals surface area contributed by atoms with Crippen LogP contribution >= 0.6 is 0 Å². The van der Waals surface area contributed by atoms with Crippen LogP contribution < -0.4 is 15.4 Å². The summed E-state index contributed by atoms with van der Waals surface area (Å²) < 4.78 is 7.70. The average molecular weight is 434 g/mol. The van der Waals surface area contributed by atoms with Gasteiger partial charge < -0.3 is 25.0 Å². The Morgan fingerprint density at radius 1 is 1.16 bits per heavy atom. The number of aryl methyl sites for hydroxylation is 1. The molecule has 3 rings (SSSR count). The monoisotopic (exact) mass is 434 g/mol. The van der Waals surface area contributed by atoms with Gasteiger partial charge in [0.1, 0.15) is 17.9 Å². The number of ether oxygens (including phenoxy) is 1. The number of aliphatic carboxylic acids is 1. The molecule has 0 aliphatic rings. The van der Waals surface area contributed by atoms with Crippen molar-refractivity contribution in [3.05, 3.63) is 48.0 Å².